The van der Waals surface area contributed by atoms with Gasteiger partial charge in [-0.3, -0.25) is 18.0 Å². The number of benzene rings is 1. The van der Waals surface area contributed by atoms with Crippen LogP contribution in [0.15, 0.2) is 18.2 Å². The van der Waals surface area contributed by atoms with Crippen LogP contribution in [0.4, 0.5) is 5.69 Å². The summed E-state index contributed by atoms with van der Waals surface area (Å²) < 4.78 is 26.3. The molecule has 1 aliphatic heterocycles. The van der Waals surface area contributed by atoms with E-state index in [4.69, 9.17) is 13.1 Å². The minimum atomic E-state index is -1.73. The molecule has 1 heterocycles. The molecule has 1 aromatic carbocycles. The number of nitrogens with one attached hydrogen (secondary N) is 1. The summed E-state index contributed by atoms with van der Waals surface area (Å²) in [5.41, 5.74) is 0.905. The highest BCUT2D eigenvalue weighted by atomic mass is 32.2. The molecule has 0 bridgehead atoms. The van der Waals surface area contributed by atoms with E-state index >= 15 is 0 Å². The van der Waals surface area contributed by atoms with Gasteiger partial charge in [-0.2, -0.15) is 4.21 Å². The minimum Gasteiger partial charge on any atom is -0.490 e. The second-order valence-electron chi connectivity index (χ2n) is 5.08. The van der Waals surface area contributed by atoms with Crippen LogP contribution in [0.5, 0.6) is 5.75 Å². The molecule has 2 atom stereocenters. The van der Waals surface area contributed by atoms with Crippen molar-refractivity contribution in [1.29, 1.82) is 0 Å². The number of ketones is 1. The maximum Gasteiger partial charge on any atom is 0.305 e. The first-order chi connectivity index (χ1) is 11.0. The fourth-order valence-electron chi connectivity index (χ4n) is 2.02. The topological polar surface area (TPSA) is 90.9 Å². The van der Waals surface area contributed by atoms with E-state index in [0.29, 0.717) is 23.4 Å². The van der Waals surface area contributed by atoms with E-state index < -0.39 is 17.5 Å². The number of Topliss-reactive ketones (excluding diaryl/α,β-unsaturated/α-hetero) is 1. The molecule has 1 aliphatic rings. The smallest absolute Gasteiger partial charge is 0.305 e. The first kappa shape index (κ1) is 17.6. The highest BCUT2D eigenvalue weighted by molar-refractivity contribution is 7.75. The Morgan fingerprint density at radius 2 is 2.22 bits per heavy atom. The summed E-state index contributed by atoms with van der Waals surface area (Å²) in [5, 5.41) is 2.74. The average molecular weight is 341 g/mol. The largest absolute Gasteiger partial charge is 0.490 e. The molecule has 1 aromatic rings. The monoisotopic (exact) mass is 341 g/mol. The van der Waals surface area contributed by atoms with E-state index in [1.807, 2.05) is 6.92 Å². The molecular weight excluding hydrogens is 322 g/mol. The molecule has 0 aromatic heterocycles. The first-order valence-corrected chi connectivity index (χ1v) is 8.29. The summed E-state index contributed by atoms with van der Waals surface area (Å²) in [6.45, 7) is 3.63. The van der Waals surface area contributed by atoms with Gasteiger partial charge in [-0.15, -0.1) is 0 Å². The molecule has 1 amide bonds. The molecule has 126 valence electrons. The number of rotatable bonds is 7. The third-order valence-corrected chi connectivity index (χ3v) is 3.87. The highest BCUT2D eigenvalue weighted by Gasteiger charge is 2.24. The van der Waals surface area contributed by atoms with Crippen molar-refractivity contribution in [3.63, 3.8) is 0 Å². The molecular formula is C15H19NO6S. The number of carbonyl (C=O) groups is 2. The molecule has 2 unspecified atom stereocenters. The van der Waals surface area contributed by atoms with Crippen LogP contribution in [0.3, 0.4) is 0 Å². The van der Waals surface area contributed by atoms with Gasteiger partial charge >= 0.3 is 11.4 Å². The van der Waals surface area contributed by atoms with Crippen LogP contribution in [0.25, 0.3) is 0 Å². The lowest BCUT2D eigenvalue weighted by Gasteiger charge is -2.13. The van der Waals surface area contributed by atoms with Gasteiger partial charge in [-0.25, -0.2) is 0 Å². The maximum atomic E-state index is 11.8. The summed E-state index contributed by atoms with van der Waals surface area (Å²) in [5.74, 6) is 0.0979. The quantitative estimate of drug-likeness (QED) is 0.763. The van der Waals surface area contributed by atoms with E-state index in [1.54, 1.807) is 18.2 Å². The van der Waals surface area contributed by atoms with Gasteiger partial charge in [0.15, 0.2) is 5.78 Å². The van der Waals surface area contributed by atoms with Gasteiger partial charge in [0.1, 0.15) is 18.5 Å². The zero-order valence-corrected chi connectivity index (χ0v) is 13.8. The maximum absolute atomic E-state index is 11.8. The SMILES string of the molecule is CCCC(=O)Nc1ccc(OCC2COS(=O)O2)c(C(C)=O)c1. The molecule has 8 heteroatoms. The second-order valence-corrected chi connectivity index (χ2v) is 5.92. The van der Waals surface area contributed by atoms with Crippen LogP contribution in [-0.2, 0) is 24.5 Å². The van der Waals surface area contributed by atoms with Gasteiger partial charge < -0.3 is 10.1 Å². The van der Waals surface area contributed by atoms with Gasteiger partial charge in [0.2, 0.25) is 5.91 Å². The average Bonchev–Trinajstić information content (AvgIpc) is 2.91. The van der Waals surface area contributed by atoms with Crippen LogP contribution in [0.2, 0.25) is 0 Å². The van der Waals surface area contributed by atoms with Crippen LogP contribution in [-0.4, -0.2) is 35.2 Å². The Kier molecular flexibility index (Phi) is 6.26. The minimum absolute atomic E-state index is 0.102. The zero-order chi connectivity index (χ0) is 16.8. The number of amides is 1. The molecule has 0 spiro atoms. The summed E-state index contributed by atoms with van der Waals surface area (Å²) in [6, 6.07) is 4.86. The van der Waals surface area contributed by atoms with Crippen LogP contribution in [0, 0.1) is 0 Å². The predicted molar refractivity (Wildman–Crippen MR) is 84.4 cm³/mol. The van der Waals surface area contributed by atoms with Crippen molar-refractivity contribution in [3.8, 4) is 5.75 Å². The fraction of sp³-hybridized carbons (Fsp3) is 0.467. The van der Waals surface area contributed by atoms with E-state index in [9.17, 15) is 13.8 Å². The van der Waals surface area contributed by atoms with Crippen molar-refractivity contribution < 1.29 is 26.9 Å². The van der Waals surface area contributed by atoms with Gasteiger partial charge in [0.05, 0.1) is 12.2 Å². The van der Waals surface area contributed by atoms with E-state index in [-0.39, 0.29) is 24.9 Å². The molecule has 0 aliphatic carbocycles. The van der Waals surface area contributed by atoms with Gasteiger partial charge in [-0.05, 0) is 31.5 Å². The van der Waals surface area contributed by atoms with Crippen molar-refractivity contribution in [3.05, 3.63) is 23.8 Å². The Hall–Kier alpha value is -1.77. The summed E-state index contributed by atoms with van der Waals surface area (Å²) in [7, 11) is 0. The van der Waals surface area contributed by atoms with Gasteiger partial charge in [-0.1, -0.05) is 6.92 Å². The van der Waals surface area contributed by atoms with E-state index in [2.05, 4.69) is 5.32 Å². The van der Waals surface area contributed by atoms with E-state index in [0.717, 1.165) is 6.42 Å². The van der Waals surface area contributed by atoms with Crippen LogP contribution < -0.4 is 10.1 Å². The van der Waals surface area contributed by atoms with Crippen molar-refractivity contribution in [2.45, 2.75) is 32.8 Å². The number of hydrogen-bond donors (Lipinski definition) is 1. The molecule has 1 N–H and O–H groups in total. The third-order valence-electron chi connectivity index (χ3n) is 3.11. The zero-order valence-electron chi connectivity index (χ0n) is 13.0. The van der Waals surface area contributed by atoms with Gasteiger partial charge in [0, 0.05) is 12.1 Å². The molecule has 1 saturated heterocycles. The van der Waals surface area contributed by atoms with Crippen LogP contribution >= 0.6 is 0 Å². The Labute approximate surface area is 137 Å². The van der Waals surface area contributed by atoms with E-state index in [1.165, 1.54) is 6.92 Å². The lowest BCUT2D eigenvalue weighted by Crippen LogP contribution is -2.20. The molecule has 0 saturated carbocycles. The first-order valence-electron chi connectivity index (χ1n) is 7.29. The Morgan fingerprint density at radius 3 is 2.83 bits per heavy atom. The van der Waals surface area contributed by atoms with Crippen molar-refractivity contribution >= 4 is 28.7 Å². The Bertz CT molecular complexity index is 618. The molecule has 1 fully saturated rings. The Morgan fingerprint density at radius 1 is 1.43 bits per heavy atom. The molecule has 23 heavy (non-hydrogen) atoms. The van der Waals surface area contributed by atoms with Crippen LogP contribution in [0.1, 0.15) is 37.0 Å². The van der Waals surface area contributed by atoms with Gasteiger partial charge in [0.25, 0.3) is 0 Å². The fourth-order valence-corrected chi connectivity index (χ4v) is 2.67. The standard InChI is InChI=1S/C15H19NO6S/c1-3-4-15(18)16-11-5-6-14(13(7-11)10(2)17)20-8-12-9-21-23(19)22-12/h5-7,12H,3-4,8-9H2,1-2H3,(H,16,18). The lowest BCUT2D eigenvalue weighted by atomic mass is 10.1. The molecule has 7 nitrogen and oxygen atoms in total. The third kappa shape index (κ3) is 5.12. The number of anilines is 1. The lowest BCUT2D eigenvalue weighted by molar-refractivity contribution is -0.116. The summed E-state index contributed by atoms with van der Waals surface area (Å²) in [4.78, 5) is 23.4. The number of carbonyl (C=O) groups excluding carboxylic acids is 2. The second kappa shape index (κ2) is 8.19. The number of hydrogen-bond acceptors (Lipinski definition) is 6. The summed E-state index contributed by atoms with van der Waals surface area (Å²) in [6.07, 6.45) is 0.723. The highest BCUT2D eigenvalue weighted by Crippen LogP contribution is 2.24. The van der Waals surface area contributed by atoms with Crippen molar-refractivity contribution in [2.75, 3.05) is 18.5 Å². The molecule has 0 radical (unpaired) electrons. The normalized spacial score (nSPS) is 20.3. The number of ether oxygens (including phenoxy) is 1. The Balaban J connectivity index is 2.05. The van der Waals surface area contributed by atoms with Crippen molar-refractivity contribution in [1.82, 2.24) is 0 Å². The molecule has 2 rings (SSSR count). The predicted octanol–water partition coefficient (Wildman–Crippen LogP) is 2.00. The van der Waals surface area contributed by atoms with Crippen molar-refractivity contribution in [2.24, 2.45) is 0 Å². The summed E-state index contributed by atoms with van der Waals surface area (Å²) >= 11 is -1.73.